The summed E-state index contributed by atoms with van der Waals surface area (Å²) in [6, 6.07) is 9.27. The fourth-order valence-corrected chi connectivity index (χ4v) is 3.75. The number of hydrogen-bond donors (Lipinski definition) is 2. The number of para-hydroxylation sites is 1. The minimum atomic E-state index is -0.878. The molecule has 8 heteroatoms. The number of aliphatic hydroxyl groups is 1. The van der Waals surface area contributed by atoms with Crippen molar-refractivity contribution < 1.29 is 14.6 Å². The van der Waals surface area contributed by atoms with E-state index in [0.29, 0.717) is 38.4 Å². The van der Waals surface area contributed by atoms with Crippen LogP contribution in [0.1, 0.15) is 18.4 Å². The van der Waals surface area contributed by atoms with Gasteiger partial charge in [0.1, 0.15) is 11.6 Å². The molecule has 1 aromatic carbocycles. The number of nitrogens with one attached hydrogen (secondary N) is 1. The summed E-state index contributed by atoms with van der Waals surface area (Å²) in [7, 11) is 5.48. The van der Waals surface area contributed by atoms with Crippen LogP contribution in [-0.4, -0.2) is 77.2 Å². The fraction of sp³-hybridized carbons (Fsp3) is 0.500. The van der Waals surface area contributed by atoms with E-state index >= 15 is 0 Å². The topological polar surface area (TPSA) is 82.9 Å². The molecule has 1 aromatic heterocycles. The quantitative estimate of drug-likeness (QED) is 0.791. The second-order valence-electron chi connectivity index (χ2n) is 7.60. The van der Waals surface area contributed by atoms with Crippen LogP contribution in [0.25, 0.3) is 0 Å². The highest BCUT2D eigenvalue weighted by molar-refractivity contribution is 5.88. The van der Waals surface area contributed by atoms with Gasteiger partial charge in [0.2, 0.25) is 0 Å². The smallest absolute Gasteiger partial charge is 0.323 e. The lowest BCUT2D eigenvalue weighted by atomic mass is 9.92. The molecule has 8 nitrogen and oxygen atoms in total. The Bertz CT molecular complexity index is 807. The fourth-order valence-electron chi connectivity index (χ4n) is 3.75. The number of rotatable bonds is 6. The molecule has 0 radical (unpaired) electrons. The first-order chi connectivity index (χ1) is 13.4. The molecule has 152 valence electrons. The molecule has 2 N–H and O–H groups in total. The van der Waals surface area contributed by atoms with Gasteiger partial charge >= 0.3 is 6.03 Å². The maximum absolute atomic E-state index is 12.8. The van der Waals surface area contributed by atoms with Crippen LogP contribution in [0.4, 0.5) is 10.6 Å². The zero-order chi connectivity index (χ0) is 20.1. The summed E-state index contributed by atoms with van der Waals surface area (Å²) >= 11 is 0. The average Bonchev–Trinajstić information content (AvgIpc) is 3.07. The number of β-amino-alcohol motifs (C(OH)–C–C–N with tert-alkyl or cyclic N) is 1. The number of ether oxygens (including phenoxy) is 1. The standard InChI is InChI=1S/C20H29N5O3/c1-23(2)14-20(27)10-6-12-24(15-20)19(26)22-18-9-11-21-25(18)13-16-7-4-5-8-17(16)28-3/h4-5,7-9,11,27H,6,10,12-15H2,1-3H3,(H,22,26). The molecular formula is C20H29N5O3. The molecular weight excluding hydrogens is 358 g/mol. The van der Waals surface area contributed by atoms with Gasteiger partial charge in [-0.05, 0) is 33.0 Å². The van der Waals surface area contributed by atoms with Gasteiger partial charge < -0.3 is 19.6 Å². The predicted molar refractivity (Wildman–Crippen MR) is 108 cm³/mol. The van der Waals surface area contributed by atoms with E-state index < -0.39 is 5.60 Å². The second kappa shape index (κ2) is 8.62. The molecule has 28 heavy (non-hydrogen) atoms. The minimum absolute atomic E-state index is 0.223. The Morgan fingerprint density at radius 2 is 2.14 bits per heavy atom. The summed E-state index contributed by atoms with van der Waals surface area (Å²) in [6.07, 6.45) is 3.13. The molecule has 1 atom stereocenters. The molecule has 0 aliphatic carbocycles. The first kappa shape index (κ1) is 20.2. The summed E-state index contributed by atoms with van der Waals surface area (Å²) in [5, 5.41) is 18.1. The molecule has 2 heterocycles. The third kappa shape index (κ3) is 4.82. The molecule has 2 amide bonds. The number of piperidine rings is 1. The van der Waals surface area contributed by atoms with Gasteiger partial charge in [0.05, 0.1) is 32.0 Å². The summed E-state index contributed by atoms with van der Waals surface area (Å²) in [6.45, 7) is 1.96. The van der Waals surface area contributed by atoms with E-state index in [1.165, 1.54) is 0 Å². The molecule has 1 fully saturated rings. The number of nitrogens with zero attached hydrogens (tertiary/aromatic N) is 4. The average molecular weight is 387 g/mol. The van der Waals surface area contributed by atoms with Crippen LogP contribution in [0.3, 0.4) is 0 Å². The highest BCUT2D eigenvalue weighted by Gasteiger charge is 2.35. The highest BCUT2D eigenvalue weighted by atomic mass is 16.5. The first-order valence-corrected chi connectivity index (χ1v) is 9.47. The number of benzene rings is 1. The van der Waals surface area contributed by atoms with Gasteiger partial charge in [0.15, 0.2) is 0 Å². The Morgan fingerprint density at radius 3 is 2.89 bits per heavy atom. The van der Waals surface area contributed by atoms with Crippen molar-refractivity contribution >= 4 is 11.8 Å². The normalized spacial score (nSPS) is 19.7. The van der Waals surface area contributed by atoms with Crippen LogP contribution >= 0.6 is 0 Å². The molecule has 3 rings (SSSR count). The molecule has 1 aliphatic heterocycles. The van der Waals surface area contributed by atoms with E-state index in [1.54, 1.807) is 29.0 Å². The highest BCUT2D eigenvalue weighted by Crippen LogP contribution is 2.23. The van der Waals surface area contributed by atoms with Crippen LogP contribution in [0.2, 0.25) is 0 Å². The Morgan fingerprint density at radius 1 is 1.36 bits per heavy atom. The zero-order valence-corrected chi connectivity index (χ0v) is 16.8. The molecule has 0 spiro atoms. The number of urea groups is 1. The number of hydrogen-bond acceptors (Lipinski definition) is 5. The Hall–Kier alpha value is -2.58. The molecule has 1 saturated heterocycles. The number of likely N-dealkylation sites (N-methyl/N-ethyl adjacent to an activating group) is 1. The maximum atomic E-state index is 12.8. The summed E-state index contributed by atoms with van der Waals surface area (Å²) in [4.78, 5) is 16.4. The van der Waals surface area contributed by atoms with Crippen molar-refractivity contribution in [1.29, 1.82) is 0 Å². The Kier molecular flexibility index (Phi) is 6.21. The van der Waals surface area contributed by atoms with Crippen molar-refractivity contribution in [3.8, 4) is 5.75 Å². The van der Waals surface area contributed by atoms with Gasteiger partial charge in [-0.15, -0.1) is 0 Å². The van der Waals surface area contributed by atoms with E-state index in [9.17, 15) is 9.90 Å². The summed E-state index contributed by atoms with van der Waals surface area (Å²) in [5.74, 6) is 1.39. The SMILES string of the molecule is COc1ccccc1Cn1nccc1NC(=O)N1CCCC(O)(CN(C)C)C1. The van der Waals surface area contributed by atoms with Crippen LogP contribution in [0, 0.1) is 0 Å². The van der Waals surface area contributed by atoms with E-state index in [0.717, 1.165) is 17.7 Å². The lowest BCUT2D eigenvalue weighted by molar-refractivity contribution is -0.0333. The van der Waals surface area contributed by atoms with Crippen LogP contribution < -0.4 is 10.1 Å². The largest absolute Gasteiger partial charge is 0.496 e. The first-order valence-electron chi connectivity index (χ1n) is 9.47. The zero-order valence-electron chi connectivity index (χ0n) is 16.8. The van der Waals surface area contributed by atoms with Crippen molar-refractivity contribution in [2.75, 3.05) is 46.2 Å². The van der Waals surface area contributed by atoms with Crippen LogP contribution in [0.5, 0.6) is 5.75 Å². The maximum Gasteiger partial charge on any atom is 0.323 e. The van der Waals surface area contributed by atoms with Crippen molar-refractivity contribution in [2.45, 2.75) is 25.0 Å². The van der Waals surface area contributed by atoms with Crippen LogP contribution in [-0.2, 0) is 6.54 Å². The van der Waals surface area contributed by atoms with Gasteiger partial charge in [-0.3, -0.25) is 5.32 Å². The Labute approximate surface area is 165 Å². The molecule has 0 bridgehead atoms. The van der Waals surface area contributed by atoms with Crippen molar-refractivity contribution in [1.82, 2.24) is 19.6 Å². The number of methoxy groups -OCH3 is 1. The lowest BCUT2D eigenvalue weighted by Gasteiger charge is -2.40. The number of carbonyl (C=O) groups excluding carboxylic acids is 1. The second-order valence-corrected chi connectivity index (χ2v) is 7.60. The minimum Gasteiger partial charge on any atom is -0.496 e. The van der Waals surface area contributed by atoms with E-state index in [1.807, 2.05) is 43.3 Å². The number of amides is 2. The number of aromatic nitrogens is 2. The molecule has 1 unspecified atom stereocenters. The third-order valence-corrected chi connectivity index (χ3v) is 4.92. The van der Waals surface area contributed by atoms with Gasteiger partial charge in [-0.1, -0.05) is 18.2 Å². The molecule has 1 aliphatic rings. The lowest BCUT2D eigenvalue weighted by Crippen LogP contribution is -2.55. The van der Waals surface area contributed by atoms with Crippen molar-refractivity contribution in [3.63, 3.8) is 0 Å². The number of carbonyl (C=O) groups is 1. The van der Waals surface area contributed by atoms with Crippen LogP contribution in [0.15, 0.2) is 36.5 Å². The van der Waals surface area contributed by atoms with Gasteiger partial charge in [-0.25, -0.2) is 9.48 Å². The number of likely N-dealkylation sites (tertiary alicyclic amines) is 1. The van der Waals surface area contributed by atoms with E-state index in [2.05, 4.69) is 10.4 Å². The van der Waals surface area contributed by atoms with Crippen molar-refractivity contribution in [2.24, 2.45) is 0 Å². The summed E-state index contributed by atoms with van der Waals surface area (Å²) in [5.41, 5.74) is 0.0963. The Balaban J connectivity index is 1.68. The predicted octanol–water partition coefficient (Wildman–Crippen LogP) is 1.86. The van der Waals surface area contributed by atoms with Gasteiger partial charge in [0, 0.05) is 24.7 Å². The molecule has 2 aromatic rings. The number of anilines is 1. The monoisotopic (exact) mass is 387 g/mol. The van der Waals surface area contributed by atoms with Gasteiger partial charge in [0.25, 0.3) is 0 Å². The van der Waals surface area contributed by atoms with Crippen molar-refractivity contribution in [3.05, 3.63) is 42.1 Å². The van der Waals surface area contributed by atoms with Gasteiger partial charge in [-0.2, -0.15) is 5.10 Å². The van der Waals surface area contributed by atoms with E-state index in [4.69, 9.17) is 4.74 Å². The summed E-state index contributed by atoms with van der Waals surface area (Å²) < 4.78 is 7.12. The molecule has 0 saturated carbocycles. The third-order valence-electron chi connectivity index (χ3n) is 4.92. The van der Waals surface area contributed by atoms with E-state index in [-0.39, 0.29) is 6.03 Å².